The summed E-state index contributed by atoms with van der Waals surface area (Å²) in [5.41, 5.74) is 1.21. The molecular weight excluding hydrogens is 172 g/mol. The Morgan fingerprint density at radius 1 is 1.15 bits per heavy atom. The van der Waals surface area contributed by atoms with Crippen LogP contribution in [0.1, 0.15) is 5.56 Å². The Morgan fingerprint density at radius 2 is 1.92 bits per heavy atom. The second-order valence-corrected chi connectivity index (χ2v) is 2.97. The highest BCUT2D eigenvalue weighted by molar-refractivity contribution is 5.79. The maximum Gasteiger partial charge on any atom is 0.135 e. The lowest BCUT2D eigenvalue weighted by Crippen LogP contribution is -1.87. The summed E-state index contributed by atoms with van der Waals surface area (Å²) in [7, 11) is 0. The van der Waals surface area contributed by atoms with E-state index in [0.717, 1.165) is 11.6 Å². The number of aryl methyl sites for hydroxylation is 1. The Balaban J connectivity index is 2.87. The van der Waals surface area contributed by atoms with Crippen LogP contribution in [0.25, 0.3) is 10.9 Å². The first kappa shape index (κ1) is 8.10. The summed E-state index contributed by atoms with van der Waals surface area (Å²) in [6.07, 6.45) is 1.58. The van der Waals surface area contributed by atoms with Gasteiger partial charge in [-0.25, -0.2) is 8.78 Å². The van der Waals surface area contributed by atoms with Gasteiger partial charge in [-0.2, -0.15) is 0 Å². The molecule has 0 atom stereocenters. The van der Waals surface area contributed by atoms with Gasteiger partial charge >= 0.3 is 0 Å². The summed E-state index contributed by atoms with van der Waals surface area (Å²) in [6.45, 7) is 1.81. The standard InChI is InChI=1S/C10H7F2N/c1-6-2-8-9(12)3-7(11)4-10(8)13-5-6/h2-5H,1H3. The Labute approximate surface area is 74.0 Å². The molecular formula is C10H7F2N. The number of pyridine rings is 1. The third-order valence-corrected chi connectivity index (χ3v) is 1.85. The van der Waals surface area contributed by atoms with E-state index in [1.165, 1.54) is 6.07 Å². The molecule has 0 bridgehead atoms. The molecule has 0 radical (unpaired) electrons. The van der Waals surface area contributed by atoms with E-state index >= 15 is 0 Å². The monoisotopic (exact) mass is 179 g/mol. The lowest BCUT2D eigenvalue weighted by molar-refractivity contribution is 0.591. The molecule has 0 aliphatic rings. The Kier molecular flexibility index (Phi) is 1.72. The van der Waals surface area contributed by atoms with Gasteiger partial charge in [-0.3, -0.25) is 4.98 Å². The number of nitrogens with zero attached hydrogens (tertiary/aromatic N) is 1. The van der Waals surface area contributed by atoms with Crippen LogP contribution < -0.4 is 0 Å². The van der Waals surface area contributed by atoms with E-state index in [9.17, 15) is 8.78 Å². The van der Waals surface area contributed by atoms with Crippen molar-refractivity contribution in [3.8, 4) is 0 Å². The number of benzene rings is 1. The van der Waals surface area contributed by atoms with Gasteiger partial charge in [0.05, 0.1) is 5.52 Å². The normalized spacial score (nSPS) is 10.7. The average Bonchev–Trinajstić information content (AvgIpc) is 2.06. The molecule has 1 nitrogen and oxygen atoms in total. The summed E-state index contributed by atoms with van der Waals surface area (Å²) < 4.78 is 25.9. The van der Waals surface area contributed by atoms with Crippen LogP contribution in [0.15, 0.2) is 24.4 Å². The number of rotatable bonds is 0. The minimum absolute atomic E-state index is 0.350. The molecule has 2 rings (SSSR count). The zero-order valence-electron chi connectivity index (χ0n) is 7.01. The van der Waals surface area contributed by atoms with Gasteiger partial charge in [-0.1, -0.05) is 0 Å². The first-order valence-corrected chi connectivity index (χ1v) is 3.88. The second-order valence-electron chi connectivity index (χ2n) is 2.97. The topological polar surface area (TPSA) is 12.9 Å². The van der Waals surface area contributed by atoms with Crippen molar-refractivity contribution < 1.29 is 8.78 Å². The summed E-state index contributed by atoms with van der Waals surface area (Å²) in [4.78, 5) is 3.92. The number of halogens is 2. The minimum atomic E-state index is -0.596. The Bertz CT molecular complexity index is 466. The van der Waals surface area contributed by atoms with Crippen molar-refractivity contribution in [3.63, 3.8) is 0 Å². The first-order valence-electron chi connectivity index (χ1n) is 3.88. The van der Waals surface area contributed by atoms with E-state index < -0.39 is 11.6 Å². The highest BCUT2D eigenvalue weighted by Crippen LogP contribution is 2.18. The van der Waals surface area contributed by atoms with Crippen molar-refractivity contribution in [1.82, 2.24) is 4.98 Å². The fourth-order valence-corrected chi connectivity index (χ4v) is 1.26. The highest BCUT2D eigenvalue weighted by atomic mass is 19.1. The average molecular weight is 179 g/mol. The molecule has 66 valence electrons. The van der Waals surface area contributed by atoms with Crippen LogP contribution in [-0.2, 0) is 0 Å². The van der Waals surface area contributed by atoms with E-state index in [1.807, 2.05) is 6.92 Å². The van der Waals surface area contributed by atoms with Crippen molar-refractivity contribution in [1.29, 1.82) is 0 Å². The molecule has 1 aromatic carbocycles. The smallest absolute Gasteiger partial charge is 0.135 e. The highest BCUT2D eigenvalue weighted by Gasteiger charge is 2.04. The van der Waals surface area contributed by atoms with Crippen LogP contribution in [0.2, 0.25) is 0 Å². The quantitative estimate of drug-likeness (QED) is 0.606. The molecule has 1 aromatic heterocycles. The van der Waals surface area contributed by atoms with Gasteiger partial charge in [0.1, 0.15) is 11.6 Å². The molecule has 3 heteroatoms. The van der Waals surface area contributed by atoms with Crippen LogP contribution in [0.4, 0.5) is 8.78 Å². The van der Waals surface area contributed by atoms with E-state index in [2.05, 4.69) is 4.98 Å². The van der Waals surface area contributed by atoms with Gasteiger partial charge in [-0.15, -0.1) is 0 Å². The van der Waals surface area contributed by atoms with Gasteiger partial charge in [0.2, 0.25) is 0 Å². The molecule has 0 saturated heterocycles. The molecule has 0 amide bonds. The van der Waals surface area contributed by atoms with Gasteiger partial charge in [0, 0.05) is 23.7 Å². The third-order valence-electron chi connectivity index (χ3n) is 1.85. The van der Waals surface area contributed by atoms with E-state index in [1.54, 1.807) is 12.3 Å². The maximum absolute atomic E-state index is 13.1. The summed E-state index contributed by atoms with van der Waals surface area (Å²) in [5, 5.41) is 0.362. The molecule has 2 aromatic rings. The molecule has 0 fully saturated rings. The van der Waals surface area contributed by atoms with E-state index in [4.69, 9.17) is 0 Å². The lowest BCUT2D eigenvalue weighted by atomic mass is 10.1. The van der Waals surface area contributed by atoms with E-state index in [0.29, 0.717) is 10.9 Å². The summed E-state index contributed by atoms with van der Waals surface area (Å²) in [5.74, 6) is -1.16. The molecule has 1 heterocycles. The Hall–Kier alpha value is -1.51. The predicted octanol–water partition coefficient (Wildman–Crippen LogP) is 2.82. The zero-order chi connectivity index (χ0) is 9.42. The van der Waals surface area contributed by atoms with Crippen LogP contribution in [0.5, 0.6) is 0 Å². The van der Waals surface area contributed by atoms with Crippen LogP contribution in [0, 0.1) is 18.6 Å². The van der Waals surface area contributed by atoms with Crippen LogP contribution in [0.3, 0.4) is 0 Å². The number of hydrogen-bond donors (Lipinski definition) is 0. The summed E-state index contributed by atoms with van der Waals surface area (Å²) in [6, 6.07) is 3.73. The van der Waals surface area contributed by atoms with Gasteiger partial charge in [0.25, 0.3) is 0 Å². The molecule has 0 aliphatic carbocycles. The number of hydrogen-bond acceptors (Lipinski definition) is 1. The molecule has 0 unspecified atom stereocenters. The second kappa shape index (κ2) is 2.76. The van der Waals surface area contributed by atoms with Crippen molar-refractivity contribution in [3.05, 3.63) is 41.6 Å². The molecule has 13 heavy (non-hydrogen) atoms. The van der Waals surface area contributed by atoms with Crippen LogP contribution >= 0.6 is 0 Å². The lowest BCUT2D eigenvalue weighted by Gasteiger charge is -1.99. The van der Waals surface area contributed by atoms with Crippen molar-refractivity contribution in [2.75, 3.05) is 0 Å². The van der Waals surface area contributed by atoms with Gasteiger partial charge < -0.3 is 0 Å². The minimum Gasteiger partial charge on any atom is -0.256 e. The molecule has 0 spiro atoms. The van der Waals surface area contributed by atoms with Crippen molar-refractivity contribution in [2.45, 2.75) is 6.92 Å². The SMILES string of the molecule is Cc1cnc2cc(F)cc(F)c2c1. The molecule has 0 N–H and O–H groups in total. The fourth-order valence-electron chi connectivity index (χ4n) is 1.26. The Morgan fingerprint density at radius 3 is 2.69 bits per heavy atom. The van der Waals surface area contributed by atoms with Crippen molar-refractivity contribution in [2.24, 2.45) is 0 Å². The van der Waals surface area contributed by atoms with Gasteiger partial charge in [-0.05, 0) is 18.6 Å². The predicted molar refractivity (Wildman–Crippen MR) is 46.4 cm³/mol. The summed E-state index contributed by atoms with van der Waals surface area (Å²) >= 11 is 0. The molecule has 0 aliphatic heterocycles. The van der Waals surface area contributed by atoms with Crippen molar-refractivity contribution >= 4 is 10.9 Å². The fraction of sp³-hybridized carbons (Fsp3) is 0.100. The van der Waals surface area contributed by atoms with Crippen LogP contribution in [-0.4, -0.2) is 4.98 Å². The van der Waals surface area contributed by atoms with E-state index in [-0.39, 0.29) is 0 Å². The number of fused-ring (bicyclic) bond motifs is 1. The first-order chi connectivity index (χ1) is 6.16. The number of aromatic nitrogens is 1. The maximum atomic E-state index is 13.1. The molecule has 0 saturated carbocycles. The third kappa shape index (κ3) is 1.37. The largest absolute Gasteiger partial charge is 0.256 e. The zero-order valence-corrected chi connectivity index (χ0v) is 7.01. The van der Waals surface area contributed by atoms with Gasteiger partial charge in [0.15, 0.2) is 0 Å².